The minimum absolute atomic E-state index is 0.613. The summed E-state index contributed by atoms with van der Waals surface area (Å²) in [5.74, 6) is 0. The van der Waals surface area contributed by atoms with Crippen molar-refractivity contribution in [3.63, 3.8) is 0 Å². The molecule has 0 aliphatic heterocycles. The second-order valence-electron chi connectivity index (χ2n) is 4.23. The Labute approximate surface area is 104 Å². The summed E-state index contributed by atoms with van der Waals surface area (Å²) >= 11 is 0. The summed E-state index contributed by atoms with van der Waals surface area (Å²) < 4.78 is 3.69. The van der Waals surface area contributed by atoms with E-state index in [0.717, 1.165) is 22.9 Å². The van der Waals surface area contributed by atoms with Crippen LogP contribution in [0.1, 0.15) is 16.1 Å². The van der Waals surface area contributed by atoms with Crippen LogP contribution < -0.4 is 0 Å². The number of benzene rings is 1. The lowest BCUT2D eigenvalue weighted by molar-refractivity contribution is 0.112. The van der Waals surface area contributed by atoms with E-state index in [1.165, 1.54) is 0 Å². The molecule has 1 aromatic carbocycles. The minimum atomic E-state index is 0.613. The number of aryl methyl sites for hydroxylation is 1. The van der Waals surface area contributed by atoms with E-state index in [-0.39, 0.29) is 0 Å². The van der Waals surface area contributed by atoms with E-state index in [9.17, 15) is 4.79 Å². The number of aldehydes is 1. The fourth-order valence-corrected chi connectivity index (χ4v) is 2.14. The number of para-hydroxylation sites is 1. The molecule has 3 aromatic rings. The van der Waals surface area contributed by atoms with Gasteiger partial charge in [-0.1, -0.05) is 23.4 Å². The fraction of sp³-hybridized carbons (Fsp3) is 0.154. The second-order valence-corrected chi connectivity index (χ2v) is 4.23. The first-order valence-electron chi connectivity index (χ1n) is 5.66. The van der Waals surface area contributed by atoms with Crippen molar-refractivity contribution in [1.82, 2.24) is 19.6 Å². The maximum atomic E-state index is 11.0. The van der Waals surface area contributed by atoms with Crippen molar-refractivity contribution in [2.45, 2.75) is 6.54 Å². The largest absolute Gasteiger partial charge is 0.341 e. The van der Waals surface area contributed by atoms with Gasteiger partial charge >= 0.3 is 0 Å². The first-order chi connectivity index (χ1) is 8.78. The van der Waals surface area contributed by atoms with Gasteiger partial charge in [0, 0.05) is 35.9 Å². The summed E-state index contributed by atoms with van der Waals surface area (Å²) in [4.78, 5) is 11.0. The third-order valence-corrected chi connectivity index (χ3v) is 2.93. The molecule has 5 nitrogen and oxygen atoms in total. The van der Waals surface area contributed by atoms with Gasteiger partial charge in [-0.05, 0) is 6.07 Å². The normalized spacial score (nSPS) is 10.9. The molecule has 2 heterocycles. The summed E-state index contributed by atoms with van der Waals surface area (Å²) in [5, 5.41) is 8.93. The Morgan fingerprint density at radius 1 is 1.28 bits per heavy atom. The number of fused-ring (bicyclic) bond motifs is 1. The van der Waals surface area contributed by atoms with Crippen LogP contribution in [0.25, 0.3) is 10.9 Å². The molecule has 0 aliphatic carbocycles. The van der Waals surface area contributed by atoms with Gasteiger partial charge in [0.15, 0.2) is 6.29 Å². The van der Waals surface area contributed by atoms with Gasteiger partial charge < -0.3 is 4.57 Å². The number of rotatable bonds is 3. The molecule has 0 bridgehead atoms. The highest BCUT2D eigenvalue weighted by Crippen LogP contribution is 2.20. The Morgan fingerprint density at radius 3 is 2.83 bits per heavy atom. The van der Waals surface area contributed by atoms with E-state index < -0.39 is 0 Å². The number of carbonyl (C=O) groups excluding carboxylic acids is 1. The Balaban J connectivity index is 2.09. The van der Waals surface area contributed by atoms with Crippen LogP contribution in [0.5, 0.6) is 0 Å². The van der Waals surface area contributed by atoms with Crippen molar-refractivity contribution in [3.8, 4) is 0 Å². The third-order valence-electron chi connectivity index (χ3n) is 2.93. The second kappa shape index (κ2) is 4.10. The number of aromatic nitrogens is 4. The van der Waals surface area contributed by atoms with Crippen molar-refractivity contribution in [1.29, 1.82) is 0 Å². The molecule has 18 heavy (non-hydrogen) atoms. The highest BCUT2D eigenvalue weighted by atomic mass is 16.1. The third kappa shape index (κ3) is 1.69. The van der Waals surface area contributed by atoms with Gasteiger partial charge in [0.2, 0.25) is 0 Å². The summed E-state index contributed by atoms with van der Waals surface area (Å²) in [6.07, 6.45) is 4.61. The highest BCUT2D eigenvalue weighted by Gasteiger charge is 2.08. The molecule has 90 valence electrons. The van der Waals surface area contributed by atoms with Crippen LogP contribution in [0.15, 0.2) is 36.7 Å². The lowest BCUT2D eigenvalue weighted by Crippen LogP contribution is -1.98. The first-order valence-corrected chi connectivity index (χ1v) is 5.66. The van der Waals surface area contributed by atoms with E-state index in [1.807, 2.05) is 48.3 Å². The van der Waals surface area contributed by atoms with Crippen molar-refractivity contribution >= 4 is 17.2 Å². The molecule has 0 spiro atoms. The van der Waals surface area contributed by atoms with Gasteiger partial charge in [0.05, 0.1) is 6.54 Å². The number of hydrogen-bond donors (Lipinski definition) is 0. The van der Waals surface area contributed by atoms with E-state index >= 15 is 0 Å². The Kier molecular flexibility index (Phi) is 2.44. The molecule has 0 radical (unpaired) electrons. The zero-order chi connectivity index (χ0) is 12.5. The fourth-order valence-electron chi connectivity index (χ4n) is 2.14. The summed E-state index contributed by atoms with van der Waals surface area (Å²) in [6.45, 7) is 0.613. The molecule has 0 atom stereocenters. The number of carbonyl (C=O) groups is 1. The molecule has 0 unspecified atom stereocenters. The summed E-state index contributed by atoms with van der Waals surface area (Å²) in [5.41, 5.74) is 2.61. The smallest absolute Gasteiger partial charge is 0.152 e. The van der Waals surface area contributed by atoms with E-state index in [2.05, 4.69) is 10.3 Å². The average Bonchev–Trinajstić information content (AvgIpc) is 2.95. The van der Waals surface area contributed by atoms with Gasteiger partial charge in [-0.2, -0.15) is 0 Å². The number of nitrogens with zero attached hydrogens (tertiary/aromatic N) is 4. The summed E-state index contributed by atoms with van der Waals surface area (Å²) in [6, 6.07) is 7.84. The maximum absolute atomic E-state index is 11.0. The van der Waals surface area contributed by atoms with Crippen LogP contribution in [-0.4, -0.2) is 25.8 Å². The molecule has 0 saturated heterocycles. The van der Waals surface area contributed by atoms with Gasteiger partial charge in [-0.3, -0.25) is 9.48 Å². The predicted molar refractivity (Wildman–Crippen MR) is 67.4 cm³/mol. The van der Waals surface area contributed by atoms with Gasteiger partial charge in [0.1, 0.15) is 5.69 Å². The zero-order valence-electron chi connectivity index (χ0n) is 9.95. The average molecular weight is 240 g/mol. The first kappa shape index (κ1) is 10.7. The summed E-state index contributed by atoms with van der Waals surface area (Å²) in [7, 11) is 1.83. The van der Waals surface area contributed by atoms with Crippen LogP contribution in [0, 0.1) is 0 Å². The lowest BCUT2D eigenvalue weighted by atomic mass is 10.2. The highest BCUT2D eigenvalue weighted by molar-refractivity contribution is 5.97. The molecule has 0 aliphatic rings. The van der Waals surface area contributed by atoms with E-state index in [0.29, 0.717) is 12.1 Å². The molecule has 0 N–H and O–H groups in total. The predicted octanol–water partition coefficient (Wildman–Crippen LogP) is 1.63. The molecule has 2 aromatic heterocycles. The minimum Gasteiger partial charge on any atom is -0.341 e. The van der Waals surface area contributed by atoms with Crippen LogP contribution >= 0.6 is 0 Å². The Bertz CT molecular complexity index is 711. The number of hydrogen-bond acceptors (Lipinski definition) is 3. The van der Waals surface area contributed by atoms with Crippen molar-refractivity contribution < 1.29 is 4.79 Å². The monoisotopic (exact) mass is 240 g/mol. The molecule has 5 heteroatoms. The molecule has 3 rings (SSSR count). The lowest BCUT2D eigenvalue weighted by Gasteiger charge is -2.01. The van der Waals surface area contributed by atoms with Crippen LogP contribution in [0.3, 0.4) is 0 Å². The van der Waals surface area contributed by atoms with Crippen LogP contribution in [0.4, 0.5) is 0 Å². The molecular formula is C13H12N4O. The van der Waals surface area contributed by atoms with Crippen LogP contribution in [-0.2, 0) is 13.6 Å². The van der Waals surface area contributed by atoms with Gasteiger partial charge in [0.25, 0.3) is 0 Å². The van der Waals surface area contributed by atoms with Crippen molar-refractivity contribution in [2.75, 3.05) is 0 Å². The molecule has 0 fully saturated rings. The Hall–Kier alpha value is -2.43. The molecular weight excluding hydrogens is 228 g/mol. The van der Waals surface area contributed by atoms with Gasteiger partial charge in [-0.25, -0.2) is 0 Å². The Morgan fingerprint density at radius 2 is 2.11 bits per heavy atom. The molecule has 0 saturated carbocycles. The quantitative estimate of drug-likeness (QED) is 0.654. The van der Waals surface area contributed by atoms with Crippen molar-refractivity contribution in [3.05, 3.63) is 47.9 Å². The maximum Gasteiger partial charge on any atom is 0.152 e. The van der Waals surface area contributed by atoms with Gasteiger partial charge in [-0.15, -0.1) is 5.10 Å². The molecule has 0 amide bonds. The standard InChI is InChI=1S/C13H12N4O/c1-16-7-11(14-15-16)8-17-6-10(9-18)12-4-2-3-5-13(12)17/h2-7,9H,8H2,1H3. The van der Waals surface area contributed by atoms with E-state index in [1.54, 1.807) is 4.68 Å². The van der Waals surface area contributed by atoms with E-state index in [4.69, 9.17) is 0 Å². The van der Waals surface area contributed by atoms with Crippen molar-refractivity contribution in [2.24, 2.45) is 7.05 Å². The topological polar surface area (TPSA) is 52.7 Å². The SMILES string of the molecule is Cn1cc(Cn2cc(C=O)c3ccccc32)nn1. The zero-order valence-corrected chi connectivity index (χ0v) is 9.95. The van der Waals surface area contributed by atoms with Crippen LogP contribution in [0.2, 0.25) is 0 Å².